The van der Waals surface area contributed by atoms with Crippen molar-refractivity contribution in [1.82, 2.24) is 10.2 Å². The van der Waals surface area contributed by atoms with E-state index in [1.165, 1.54) is 70.6 Å². The van der Waals surface area contributed by atoms with Crippen LogP contribution in [0.25, 0.3) is 0 Å². The van der Waals surface area contributed by atoms with Gasteiger partial charge in [-0.1, -0.05) is 57.1 Å². The van der Waals surface area contributed by atoms with Crippen LogP contribution >= 0.6 is 0 Å². The van der Waals surface area contributed by atoms with Crippen molar-refractivity contribution >= 4 is 0 Å². The summed E-state index contributed by atoms with van der Waals surface area (Å²) in [5.74, 6) is 0. The van der Waals surface area contributed by atoms with Gasteiger partial charge in [0.1, 0.15) is 0 Å². The predicted octanol–water partition coefficient (Wildman–Crippen LogP) is 4.51. The molecule has 0 amide bonds. The number of nitrogens with one attached hydrogen (secondary N) is 1. The highest BCUT2D eigenvalue weighted by atomic mass is 15.3. The third-order valence-electron chi connectivity index (χ3n) is 4.43. The topological polar surface area (TPSA) is 41.3 Å². The van der Waals surface area contributed by atoms with Crippen molar-refractivity contribution in [2.24, 2.45) is 5.73 Å². The van der Waals surface area contributed by atoms with Crippen LogP contribution in [0.5, 0.6) is 0 Å². The van der Waals surface area contributed by atoms with Crippen LogP contribution in [0, 0.1) is 0 Å². The Kier molecular flexibility index (Phi) is 11.9. The van der Waals surface area contributed by atoms with Gasteiger partial charge in [0.05, 0.1) is 6.17 Å². The molecule has 0 saturated carbocycles. The summed E-state index contributed by atoms with van der Waals surface area (Å²) in [5, 5.41) is 3.42. The van der Waals surface area contributed by atoms with Crippen LogP contribution in [0.2, 0.25) is 0 Å². The molecule has 1 atom stereocenters. The van der Waals surface area contributed by atoms with E-state index < -0.39 is 0 Å². The third-order valence-corrected chi connectivity index (χ3v) is 4.43. The lowest BCUT2D eigenvalue weighted by Crippen LogP contribution is -2.37. The molecular formula is C19H37N3. The van der Waals surface area contributed by atoms with Crippen molar-refractivity contribution in [3.05, 3.63) is 24.6 Å². The Balaban J connectivity index is 1.82. The van der Waals surface area contributed by atoms with Gasteiger partial charge < -0.3 is 16.0 Å². The summed E-state index contributed by atoms with van der Waals surface area (Å²) >= 11 is 0. The van der Waals surface area contributed by atoms with Gasteiger partial charge in [0.15, 0.2) is 0 Å². The van der Waals surface area contributed by atoms with E-state index in [0.717, 1.165) is 13.1 Å². The standard InChI is InChI=1S/C19H37N3/c1-2-3-4-5-6-7-8-9-10-11-12-13-14-19-21-16-18-22(19)17-15-20/h2-3,16,18-19,21H,4-15,17,20H2,1H3/b3-2+. The summed E-state index contributed by atoms with van der Waals surface area (Å²) in [4.78, 5) is 2.33. The molecule has 1 rings (SSSR count). The first-order valence-electron chi connectivity index (χ1n) is 9.38. The highest BCUT2D eigenvalue weighted by Gasteiger charge is 2.16. The van der Waals surface area contributed by atoms with E-state index in [2.05, 4.69) is 41.7 Å². The van der Waals surface area contributed by atoms with Gasteiger partial charge in [-0.05, 0) is 32.6 Å². The Morgan fingerprint density at radius 3 is 2.27 bits per heavy atom. The second-order valence-electron chi connectivity index (χ2n) is 6.35. The van der Waals surface area contributed by atoms with Gasteiger partial charge in [0.2, 0.25) is 0 Å². The average Bonchev–Trinajstić information content (AvgIpc) is 2.96. The fourth-order valence-corrected chi connectivity index (χ4v) is 3.08. The lowest BCUT2D eigenvalue weighted by atomic mass is 10.0. The molecule has 0 spiro atoms. The van der Waals surface area contributed by atoms with Gasteiger partial charge in [-0.2, -0.15) is 0 Å². The van der Waals surface area contributed by atoms with E-state index in [1.807, 2.05) is 0 Å². The van der Waals surface area contributed by atoms with Crippen molar-refractivity contribution in [3.8, 4) is 0 Å². The molecule has 0 aliphatic carbocycles. The molecule has 0 saturated heterocycles. The number of hydrogen-bond acceptors (Lipinski definition) is 3. The normalized spacial score (nSPS) is 17.5. The van der Waals surface area contributed by atoms with Crippen LogP contribution in [-0.2, 0) is 0 Å². The van der Waals surface area contributed by atoms with Crippen molar-refractivity contribution in [2.75, 3.05) is 13.1 Å². The zero-order valence-corrected chi connectivity index (χ0v) is 14.6. The maximum Gasteiger partial charge on any atom is 0.0981 e. The molecule has 3 N–H and O–H groups in total. The molecular weight excluding hydrogens is 270 g/mol. The number of hydrogen-bond donors (Lipinski definition) is 2. The summed E-state index contributed by atoms with van der Waals surface area (Å²) in [5.41, 5.74) is 5.63. The Hall–Kier alpha value is -0.960. The van der Waals surface area contributed by atoms with Crippen LogP contribution in [0.15, 0.2) is 24.6 Å². The van der Waals surface area contributed by atoms with Gasteiger partial charge in [-0.25, -0.2) is 0 Å². The summed E-state index contributed by atoms with van der Waals surface area (Å²) < 4.78 is 0. The molecule has 0 aromatic carbocycles. The summed E-state index contributed by atoms with van der Waals surface area (Å²) in [7, 11) is 0. The first-order valence-corrected chi connectivity index (χ1v) is 9.38. The van der Waals surface area contributed by atoms with Crippen LogP contribution in [0.3, 0.4) is 0 Å². The maximum atomic E-state index is 5.63. The molecule has 0 bridgehead atoms. The first-order chi connectivity index (χ1) is 10.9. The monoisotopic (exact) mass is 307 g/mol. The van der Waals surface area contributed by atoms with Crippen LogP contribution in [0.1, 0.15) is 77.6 Å². The summed E-state index contributed by atoms with van der Waals surface area (Å²) in [6.07, 6.45) is 24.2. The van der Waals surface area contributed by atoms with Gasteiger partial charge >= 0.3 is 0 Å². The Morgan fingerprint density at radius 1 is 1.00 bits per heavy atom. The Morgan fingerprint density at radius 2 is 1.64 bits per heavy atom. The predicted molar refractivity (Wildman–Crippen MR) is 97.4 cm³/mol. The van der Waals surface area contributed by atoms with E-state index in [1.54, 1.807) is 0 Å². The van der Waals surface area contributed by atoms with Crippen LogP contribution < -0.4 is 11.1 Å². The zero-order chi connectivity index (χ0) is 15.9. The number of rotatable bonds is 14. The minimum Gasteiger partial charge on any atom is -0.370 e. The largest absolute Gasteiger partial charge is 0.370 e. The van der Waals surface area contributed by atoms with Gasteiger partial charge in [0.25, 0.3) is 0 Å². The van der Waals surface area contributed by atoms with E-state index >= 15 is 0 Å². The molecule has 0 aromatic rings. The van der Waals surface area contributed by atoms with Crippen molar-refractivity contribution in [1.29, 1.82) is 0 Å². The van der Waals surface area contributed by atoms with E-state index in [0.29, 0.717) is 6.17 Å². The number of unbranched alkanes of at least 4 members (excludes halogenated alkanes) is 9. The highest BCUT2D eigenvalue weighted by Crippen LogP contribution is 2.15. The van der Waals surface area contributed by atoms with Gasteiger partial charge in [-0.3, -0.25) is 0 Å². The molecule has 1 unspecified atom stereocenters. The smallest absolute Gasteiger partial charge is 0.0981 e. The van der Waals surface area contributed by atoms with Gasteiger partial charge in [0, 0.05) is 25.5 Å². The van der Waals surface area contributed by atoms with E-state index in [9.17, 15) is 0 Å². The molecule has 1 heterocycles. The maximum absolute atomic E-state index is 5.63. The fraction of sp³-hybridized carbons (Fsp3) is 0.789. The molecule has 0 fully saturated rings. The van der Waals surface area contributed by atoms with Crippen molar-refractivity contribution < 1.29 is 0 Å². The van der Waals surface area contributed by atoms with Crippen LogP contribution in [0.4, 0.5) is 0 Å². The lowest BCUT2D eigenvalue weighted by molar-refractivity contribution is 0.264. The summed E-state index contributed by atoms with van der Waals surface area (Å²) in [6, 6.07) is 0. The molecule has 128 valence electrons. The quantitative estimate of drug-likeness (QED) is 0.366. The minimum absolute atomic E-state index is 0.487. The molecule has 0 aromatic heterocycles. The number of nitrogens with two attached hydrogens (primary N) is 1. The van der Waals surface area contributed by atoms with E-state index in [4.69, 9.17) is 5.73 Å². The Bertz CT molecular complexity index is 299. The fourth-order valence-electron chi connectivity index (χ4n) is 3.08. The molecule has 1 aliphatic rings. The summed E-state index contributed by atoms with van der Waals surface area (Å²) in [6.45, 7) is 3.80. The lowest BCUT2D eigenvalue weighted by Gasteiger charge is -2.25. The Labute approximate surface area is 138 Å². The number of nitrogens with zero attached hydrogens (tertiary/aromatic N) is 1. The number of allylic oxidation sites excluding steroid dienone is 2. The second-order valence-corrected chi connectivity index (χ2v) is 6.35. The second kappa shape index (κ2) is 13.7. The molecule has 22 heavy (non-hydrogen) atoms. The molecule has 1 aliphatic heterocycles. The molecule has 0 radical (unpaired) electrons. The van der Waals surface area contributed by atoms with Crippen molar-refractivity contribution in [3.63, 3.8) is 0 Å². The molecule has 3 heteroatoms. The SMILES string of the molecule is C/C=C/CCCCCCCCCCCC1NC=CN1CCN. The van der Waals surface area contributed by atoms with Crippen LogP contribution in [-0.4, -0.2) is 24.2 Å². The molecule has 3 nitrogen and oxygen atoms in total. The zero-order valence-electron chi connectivity index (χ0n) is 14.6. The first kappa shape index (κ1) is 19.1. The minimum atomic E-state index is 0.487. The highest BCUT2D eigenvalue weighted by molar-refractivity contribution is 4.94. The third kappa shape index (κ3) is 9.14. The average molecular weight is 308 g/mol. The van der Waals surface area contributed by atoms with E-state index in [-0.39, 0.29) is 0 Å². The van der Waals surface area contributed by atoms with Crippen molar-refractivity contribution in [2.45, 2.75) is 83.7 Å². The van der Waals surface area contributed by atoms with Gasteiger partial charge in [-0.15, -0.1) is 0 Å².